The van der Waals surface area contributed by atoms with Gasteiger partial charge in [-0.05, 0) is 35.9 Å². The van der Waals surface area contributed by atoms with E-state index in [1.54, 1.807) is 12.1 Å². The Balaban J connectivity index is 1.78. The Morgan fingerprint density at radius 2 is 1.74 bits per heavy atom. The Morgan fingerprint density at radius 3 is 2.52 bits per heavy atom. The molecule has 0 fully saturated rings. The van der Waals surface area contributed by atoms with Crippen molar-refractivity contribution in [2.45, 2.75) is 5.92 Å². The number of allylic oxidation sites excluding steroid dienone is 1. The molecule has 1 aliphatic rings. The lowest BCUT2D eigenvalue weighted by Crippen LogP contribution is -2.20. The molecule has 0 amide bonds. The maximum atomic E-state index is 9.74. The first-order valence-electron chi connectivity index (χ1n) is 8.39. The molecule has 0 spiro atoms. The highest BCUT2D eigenvalue weighted by Crippen LogP contribution is 2.43. The lowest BCUT2D eigenvalue weighted by Gasteiger charge is -2.26. The number of hydrogen-bond donors (Lipinski definition) is 2. The highest BCUT2D eigenvalue weighted by Gasteiger charge is 2.31. The first kappa shape index (κ1) is 16.6. The van der Waals surface area contributed by atoms with Crippen LogP contribution in [0.3, 0.4) is 0 Å². The number of phenols is 1. The van der Waals surface area contributed by atoms with Gasteiger partial charge in [-0.3, -0.25) is 0 Å². The van der Waals surface area contributed by atoms with Gasteiger partial charge in [0.25, 0.3) is 0 Å². The van der Waals surface area contributed by atoms with E-state index in [2.05, 4.69) is 6.07 Å². The van der Waals surface area contributed by atoms with Crippen LogP contribution in [0.25, 0.3) is 0 Å². The molecule has 0 saturated heterocycles. The number of ether oxygens (including phenoxy) is 2. The highest BCUT2D eigenvalue weighted by atomic mass is 16.5. The van der Waals surface area contributed by atoms with Crippen LogP contribution in [0.1, 0.15) is 17.0 Å². The van der Waals surface area contributed by atoms with Gasteiger partial charge in [-0.15, -0.1) is 0 Å². The van der Waals surface area contributed by atoms with Gasteiger partial charge < -0.3 is 20.3 Å². The molecule has 3 aromatic rings. The number of para-hydroxylation sites is 1. The predicted octanol–water partition coefficient (Wildman–Crippen LogP) is 4.40. The Kier molecular flexibility index (Phi) is 4.15. The number of nitrogens with zero attached hydrogens (tertiary/aromatic N) is 1. The molecule has 5 heteroatoms. The van der Waals surface area contributed by atoms with E-state index in [1.807, 2.05) is 54.6 Å². The molecule has 132 valence electrons. The molecular formula is C22H16N2O3. The van der Waals surface area contributed by atoms with E-state index in [-0.39, 0.29) is 11.6 Å². The summed E-state index contributed by atoms with van der Waals surface area (Å²) >= 11 is 0. The number of hydrogen-bond acceptors (Lipinski definition) is 5. The molecule has 1 heterocycles. The van der Waals surface area contributed by atoms with Gasteiger partial charge in [-0.25, -0.2) is 0 Å². The number of nitriles is 1. The molecule has 27 heavy (non-hydrogen) atoms. The quantitative estimate of drug-likeness (QED) is 0.726. The SMILES string of the molecule is N#CC1=C(N)Oc2cc(O)ccc2[C@H]1c1cccc(Oc2ccccc2)c1. The molecule has 0 saturated carbocycles. The van der Waals surface area contributed by atoms with Crippen molar-refractivity contribution in [2.24, 2.45) is 5.73 Å². The third-order valence-corrected chi connectivity index (χ3v) is 4.37. The van der Waals surface area contributed by atoms with Gasteiger partial charge in [0, 0.05) is 11.6 Å². The molecular weight excluding hydrogens is 340 g/mol. The fraction of sp³-hybridized carbons (Fsp3) is 0.0455. The topological polar surface area (TPSA) is 88.5 Å². The first-order valence-corrected chi connectivity index (χ1v) is 8.39. The van der Waals surface area contributed by atoms with E-state index in [0.29, 0.717) is 17.1 Å². The number of phenolic OH excluding ortho intramolecular Hbond substituents is 1. The second kappa shape index (κ2) is 6.77. The van der Waals surface area contributed by atoms with Gasteiger partial charge in [-0.1, -0.05) is 36.4 Å². The molecule has 1 aliphatic heterocycles. The van der Waals surface area contributed by atoms with E-state index in [0.717, 1.165) is 16.9 Å². The fourth-order valence-electron chi connectivity index (χ4n) is 3.17. The normalized spacial score (nSPS) is 15.4. The third kappa shape index (κ3) is 3.16. The van der Waals surface area contributed by atoms with Crippen molar-refractivity contribution in [3.63, 3.8) is 0 Å². The second-order valence-corrected chi connectivity index (χ2v) is 6.13. The number of fused-ring (bicyclic) bond motifs is 1. The van der Waals surface area contributed by atoms with Crippen LogP contribution in [-0.4, -0.2) is 5.11 Å². The Bertz CT molecular complexity index is 1070. The van der Waals surface area contributed by atoms with Crippen LogP contribution in [0.15, 0.2) is 84.3 Å². The summed E-state index contributed by atoms with van der Waals surface area (Å²) in [6.45, 7) is 0. The largest absolute Gasteiger partial charge is 0.508 e. The molecule has 1 atom stereocenters. The van der Waals surface area contributed by atoms with Gasteiger partial charge in [0.15, 0.2) is 0 Å². The van der Waals surface area contributed by atoms with Crippen LogP contribution in [0.2, 0.25) is 0 Å². The van der Waals surface area contributed by atoms with Gasteiger partial charge in [0.1, 0.15) is 34.6 Å². The van der Waals surface area contributed by atoms with Crippen LogP contribution in [-0.2, 0) is 0 Å². The van der Waals surface area contributed by atoms with Crippen LogP contribution in [0.4, 0.5) is 0 Å². The summed E-state index contributed by atoms with van der Waals surface area (Å²) in [6.07, 6.45) is 0. The zero-order valence-electron chi connectivity index (χ0n) is 14.3. The van der Waals surface area contributed by atoms with E-state index in [9.17, 15) is 10.4 Å². The van der Waals surface area contributed by atoms with Gasteiger partial charge in [0.2, 0.25) is 5.88 Å². The molecule has 4 rings (SSSR count). The monoisotopic (exact) mass is 356 g/mol. The van der Waals surface area contributed by atoms with E-state index >= 15 is 0 Å². The molecule has 0 aromatic heterocycles. The van der Waals surface area contributed by atoms with Crippen LogP contribution < -0.4 is 15.2 Å². The maximum absolute atomic E-state index is 9.74. The molecule has 3 N–H and O–H groups in total. The maximum Gasteiger partial charge on any atom is 0.205 e. The summed E-state index contributed by atoms with van der Waals surface area (Å²) in [6, 6.07) is 23.9. The number of rotatable bonds is 3. The van der Waals surface area contributed by atoms with E-state index < -0.39 is 5.92 Å². The van der Waals surface area contributed by atoms with Crippen molar-refractivity contribution in [1.82, 2.24) is 0 Å². The van der Waals surface area contributed by atoms with Crippen molar-refractivity contribution in [3.05, 3.63) is 95.4 Å². The summed E-state index contributed by atoms with van der Waals surface area (Å²) in [5.74, 6) is 1.52. The molecule has 0 radical (unpaired) electrons. The van der Waals surface area contributed by atoms with Crippen molar-refractivity contribution < 1.29 is 14.6 Å². The summed E-state index contributed by atoms with van der Waals surface area (Å²) in [7, 11) is 0. The van der Waals surface area contributed by atoms with Crippen molar-refractivity contribution >= 4 is 0 Å². The Hall–Kier alpha value is -3.91. The predicted molar refractivity (Wildman–Crippen MR) is 100 cm³/mol. The smallest absolute Gasteiger partial charge is 0.205 e. The lowest BCUT2D eigenvalue weighted by molar-refractivity contribution is 0.388. The minimum atomic E-state index is -0.404. The minimum absolute atomic E-state index is 0.0370. The van der Waals surface area contributed by atoms with Crippen LogP contribution in [0.5, 0.6) is 23.0 Å². The molecule has 0 aliphatic carbocycles. The Labute approximate surface area is 156 Å². The minimum Gasteiger partial charge on any atom is -0.508 e. The third-order valence-electron chi connectivity index (χ3n) is 4.37. The van der Waals surface area contributed by atoms with Crippen molar-refractivity contribution in [2.75, 3.05) is 0 Å². The lowest BCUT2D eigenvalue weighted by atomic mass is 9.83. The average molecular weight is 356 g/mol. The highest BCUT2D eigenvalue weighted by molar-refractivity contribution is 5.57. The number of aromatic hydroxyl groups is 1. The molecule has 0 unspecified atom stereocenters. The van der Waals surface area contributed by atoms with E-state index in [1.165, 1.54) is 6.07 Å². The molecule has 5 nitrogen and oxygen atoms in total. The summed E-state index contributed by atoms with van der Waals surface area (Å²) in [4.78, 5) is 0. The van der Waals surface area contributed by atoms with Crippen molar-refractivity contribution in [3.8, 4) is 29.1 Å². The molecule has 3 aromatic carbocycles. The number of nitrogens with two attached hydrogens (primary N) is 1. The standard InChI is InChI=1S/C22H16N2O3/c23-13-19-21(18-10-9-15(25)12-20(18)27-22(19)24)14-5-4-8-17(11-14)26-16-6-2-1-3-7-16/h1-12,21,25H,24H2/t21-/m1/s1. The average Bonchev–Trinajstić information content (AvgIpc) is 2.68. The Morgan fingerprint density at radius 1 is 0.963 bits per heavy atom. The molecule has 0 bridgehead atoms. The summed E-state index contributed by atoms with van der Waals surface area (Å²) < 4.78 is 11.4. The summed E-state index contributed by atoms with van der Waals surface area (Å²) in [5, 5.41) is 19.4. The van der Waals surface area contributed by atoms with Crippen LogP contribution >= 0.6 is 0 Å². The fourth-order valence-corrected chi connectivity index (χ4v) is 3.17. The summed E-state index contributed by atoms with van der Waals surface area (Å²) in [5.41, 5.74) is 7.90. The van der Waals surface area contributed by atoms with Crippen LogP contribution in [0, 0.1) is 11.3 Å². The van der Waals surface area contributed by atoms with Crippen molar-refractivity contribution in [1.29, 1.82) is 5.26 Å². The van der Waals surface area contributed by atoms with Gasteiger partial charge >= 0.3 is 0 Å². The zero-order chi connectivity index (χ0) is 18.8. The van der Waals surface area contributed by atoms with Gasteiger partial charge in [0.05, 0.1) is 5.92 Å². The number of benzene rings is 3. The second-order valence-electron chi connectivity index (χ2n) is 6.13. The zero-order valence-corrected chi connectivity index (χ0v) is 14.3. The first-order chi connectivity index (χ1) is 13.2. The van der Waals surface area contributed by atoms with E-state index in [4.69, 9.17) is 15.2 Å². The van der Waals surface area contributed by atoms with Gasteiger partial charge in [-0.2, -0.15) is 5.26 Å².